The zero-order chi connectivity index (χ0) is 15.2. The van der Waals surface area contributed by atoms with Crippen molar-refractivity contribution in [3.8, 4) is 0 Å². The van der Waals surface area contributed by atoms with Gasteiger partial charge < -0.3 is 5.32 Å². The molecule has 3 rings (SSSR count). The smallest absolute Gasteiger partial charge is 0.139 e. The lowest BCUT2D eigenvalue weighted by atomic mass is 9.92. The molecule has 0 bridgehead atoms. The van der Waals surface area contributed by atoms with Crippen LogP contribution in [0.4, 0.5) is 5.82 Å². The number of aryl methyl sites for hydroxylation is 1. The molecule has 1 aromatic heterocycles. The summed E-state index contributed by atoms with van der Waals surface area (Å²) in [6.07, 6.45) is 1.06. The van der Waals surface area contributed by atoms with E-state index in [1.54, 1.807) is 0 Å². The van der Waals surface area contributed by atoms with Gasteiger partial charge in [0.25, 0.3) is 0 Å². The number of nitrogens with one attached hydrogen (secondary N) is 1. The number of fused-ring (bicyclic) bond motifs is 1. The van der Waals surface area contributed by atoms with Gasteiger partial charge in [0.05, 0.1) is 16.2 Å². The molecule has 1 unspecified atom stereocenters. The highest BCUT2D eigenvalue weighted by atomic mass is 79.9. The standard InChI is InChI=1S/C17H22BrN3/c1-11-6-5-7-12(10-11)13-8-9-19-16-14(18)15(17(2,3)4)20-21(13)16/h5-7,10,13,19H,8-9H2,1-4H3. The Morgan fingerprint density at radius 2 is 2.10 bits per heavy atom. The first kappa shape index (κ1) is 14.6. The lowest BCUT2D eigenvalue weighted by molar-refractivity contribution is 0.462. The van der Waals surface area contributed by atoms with Crippen LogP contribution in [0.2, 0.25) is 0 Å². The van der Waals surface area contributed by atoms with E-state index in [1.165, 1.54) is 11.1 Å². The maximum Gasteiger partial charge on any atom is 0.139 e. The molecule has 21 heavy (non-hydrogen) atoms. The van der Waals surface area contributed by atoms with Crippen molar-refractivity contribution in [2.24, 2.45) is 0 Å². The van der Waals surface area contributed by atoms with E-state index in [0.29, 0.717) is 6.04 Å². The molecule has 3 nitrogen and oxygen atoms in total. The van der Waals surface area contributed by atoms with Gasteiger partial charge in [-0.25, -0.2) is 4.68 Å². The van der Waals surface area contributed by atoms with Crippen molar-refractivity contribution in [2.45, 2.75) is 45.6 Å². The number of anilines is 1. The second-order valence-corrected chi connectivity index (χ2v) is 7.64. The Morgan fingerprint density at radius 3 is 2.76 bits per heavy atom. The second-order valence-electron chi connectivity index (χ2n) is 6.85. The summed E-state index contributed by atoms with van der Waals surface area (Å²) < 4.78 is 3.26. The van der Waals surface area contributed by atoms with Crippen LogP contribution in [-0.4, -0.2) is 16.3 Å². The van der Waals surface area contributed by atoms with Gasteiger partial charge in [-0.15, -0.1) is 0 Å². The molecule has 1 aliphatic heterocycles. The summed E-state index contributed by atoms with van der Waals surface area (Å²) in [5.41, 5.74) is 3.79. The molecule has 0 amide bonds. The van der Waals surface area contributed by atoms with Crippen LogP contribution in [0.3, 0.4) is 0 Å². The third-order valence-electron chi connectivity index (χ3n) is 4.00. The largest absolute Gasteiger partial charge is 0.369 e. The summed E-state index contributed by atoms with van der Waals surface area (Å²) in [4.78, 5) is 0. The summed E-state index contributed by atoms with van der Waals surface area (Å²) in [5.74, 6) is 1.11. The van der Waals surface area contributed by atoms with Crippen LogP contribution >= 0.6 is 15.9 Å². The average molecular weight is 348 g/mol. The van der Waals surface area contributed by atoms with E-state index in [0.717, 1.165) is 29.0 Å². The first-order valence-electron chi connectivity index (χ1n) is 7.47. The Morgan fingerprint density at radius 1 is 1.33 bits per heavy atom. The number of hydrogen-bond donors (Lipinski definition) is 1. The molecule has 1 N–H and O–H groups in total. The van der Waals surface area contributed by atoms with E-state index in [4.69, 9.17) is 5.10 Å². The van der Waals surface area contributed by atoms with Crippen molar-refractivity contribution in [1.82, 2.24) is 9.78 Å². The zero-order valence-electron chi connectivity index (χ0n) is 13.1. The normalized spacial score (nSPS) is 18.2. The fraction of sp³-hybridized carbons (Fsp3) is 0.471. The summed E-state index contributed by atoms with van der Waals surface area (Å²) in [5, 5.41) is 8.41. The molecular weight excluding hydrogens is 326 g/mol. The molecule has 1 aromatic carbocycles. The van der Waals surface area contributed by atoms with Crippen molar-refractivity contribution in [1.29, 1.82) is 0 Å². The van der Waals surface area contributed by atoms with E-state index in [-0.39, 0.29) is 5.41 Å². The van der Waals surface area contributed by atoms with Crippen LogP contribution in [0, 0.1) is 6.92 Å². The van der Waals surface area contributed by atoms with Crippen LogP contribution in [0.5, 0.6) is 0 Å². The quantitative estimate of drug-likeness (QED) is 0.813. The van der Waals surface area contributed by atoms with Gasteiger partial charge in [0, 0.05) is 12.0 Å². The number of rotatable bonds is 1. The lowest BCUT2D eigenvalue weighted by Crippen LogP contribution is -2.24. The third kappa shape index (κ3) is 2.61. The Bertz CT molecular complexity index is 667. The first-order valence-corrected chi connectivity index (χ1v) is 8.26. The maximum atomic E-state index is 4.92. The molecule has 0 radical (unpaired) electrons. The molecule has 0 aliphatic carbocycles. The molecule has 2 heterocycles. The van der Waals surface area contributed by atoms with Crippen LogP contribution in [0.15, 0.2) is 28.7 Å². The Kier molecular flexibility index (Phi) is 3.60. The van der Waals surface area contributed by atoms with E-state index < -0.39 is 0 Å². The van der Waals surface area contributed by atoms with Gasteiger partial charge in [0.15, 0.2) is 0 Å². The van der Waals surface area contributed by atoms with Crippen molar-refractivity contribution in [3.63, 3.8) is 0 Å². The van der Waals surface area contributed by atoms with E-state index in [9.17, 15) is 0 Å². The molecule has 4 heteroatoms. The monoisotopic (exact) mass is 347 g/mol. The number of benzene rings is 1. The highest BCUT2D eigenvalue weighted by molar-refractivity contribution is 9.10. The van der Waals surface area contributed by atoms with Crippen molar-refractivity contribution in [2.75, 3.05) is 11.9 Å². The lowest BCUT2D eigenvalue weighted by Gasteiger charge is -2.26. The molecule has 0 saturated carbocycles. The first-order chi connectivity index (χ1) is 9.88. The van der Waals surface area contributed by atoms with Gasteiger partial charge in [-0.2, -0.15) is 5.10 Å². The van der Waals surface area contributed by atoms with Gasteiger partial charge in [-0.3, -0.25) is 0 Å². The highest BCUT2D eigenvalue weighted by Crippen LogP contribution is 2.40. The Hall–Kier alpha value is -1.29. The van der Waals surface area contributed by atoms with Crippen molar-refractivity contribution < 1.29 is 0 Å². The van der Waals surface area contributed by atoms with E-state index >= 15 is 0 Å². The Balaban J connectivity index is 2.10. The number of nitrogens with zero attached hydrogens (tertiary/aromatic N) is 2. The zero-order valence-corrected chi connectivity index (χ0v) is 14.7. The number of halogens is 1. The fourth-order valence-electron chi connectivity index (χ4n) is 2.91. The molecular formula is C17H22BrN3. The van der Waals surface area contributed by atoms with Gasteiger partial charge in [0.1, 0.15) is 5.82 Å². The van der Waals surface area contributed by atoms with Crippen LogP contribution in [-0.2, 0) is 5.41 Å². The van der Waals surface area contributed by atoms with Gasteiger partial charge in [-0.1, -0.05) is 50.6 Å². The summed E-state index contributed by atoms with van der Waals surface area (Å²) in [6.45, 7) is 9.73. The minimum atomic E-state index is 0.0298. The average Bonchev–Trinajstić information content (AvgIpc) is 2.76. The van der Waals surface area contributed by atoms with Gasteiger partial charge in [0.2, 0.25) is 0 Å². The second kappa shape index (κ2) is 5.16. The summed E-state index contributed by atoms with van der Waals surface area (Å²) in [7, 11) is 0. The predicted octanol–water partition coefficient (Wildman–Crippen LogP) is 4.66. The molecule has 0 saturated heterocycles. The van der Waals surface area contributed by atoms with Gasteiger partial charge >= 0.3 is 0 Å². The maximum absolute atomic E-state index is 4.92. The fourth-order valence-corrected chi connectivity index (χ4v) is 3.91. The third-order valence-corrected chi connectivity index (χ3v) is 4.75. The minimum absolute atomic E-state index is 0.0298. The number of hydrogen-bond acceptors (Lipinski definition) is 2. The molecule has 0 fully saturated rings. The predicted molar refractivity (Wildman–Crippen MR) is 91.1 cm³/mol. The van der Waals surface area contributed by atoms with Gasteiger partial charge in [-0.05, 0) is 34.8 Å². The van der Waals surface area contributed by atoms with Crippen LogP contribution in [0.1, 0.15) is 50.1 Å². The van der Waals surface area contributed by atoms with Crippen LogP contribution in [0.25, 0.3) is 0 Å². The molecule has 1 atom stereocenters. The summed E-state index contributed by atoms with van der Waals surface area (Å²) in [6, 6.07) is 9.07. The van der Waals surface area contributed by atoms with E-state index in [2.05, 4.69) is 77.9 Å². The molecule has 1 aliphatic rings. The summed E-state index contributed by atoms with van der Waals surface area (Å²) >= 11 is 3.74. The SMILES string of the molecule is Cc1cccc(C2CCNc3c(Br)c(C(C)(C)C)nn32)c1. The van der Waals surface area contributed by atoms with Crippen LogP contribution < -0.4 is 5.32 Å². The van der Waals surface area contributed by atoms with Crippen molar-refractivity contribution in [3.05, 3.63) is 45.6 Å². The highest BCUT2D eigenvalue weighted by Gasteiger charge is 2.30. The Labute approximate surface area is 134 Å². The molecule has 112 valence electrons. The molecule has 0 spiro atoms. The van der Waals surface area contributed by atoms with Crippen molar-refractivity contribution >= 4 is 21.7 Å². The van der Waals surface area contributed by atoms with E-state index in [1.807, 2.05) is 0 Å². The number of aromatic nitrogens is 2. The topological polar surface area (TPSA) is 29.9 Å². The minimum Gasteiger partial charge on any atom is -0.369 e. The molecule has 2 aromatic rings.